The van der Waals surface area contributed by atoms with E-state index in [0.29, 0.717) is 23.1 Å². The lowest BCUT2D eigenvalue weighted by Crippen LogP contribution is -2.79. The highest BCUT2D eigenvalue weighted by molar-refractivity contribution is 5.91. The monoisotopic (exact) mass is 845 g/mol. The minimum Gasteiger partial charge on any atom is -0.459 e. The van der Waals surface area contributed by atoms with Crippen LogP contribution in [0.3, 0.4) is 0 Å². The fourth-order valence-corrected chi connectivity index (χ4v) is 11.0. The zero-order valence-corrected chi connectivity index (χ0v) is 37.5. The van der Waals surface area contributed by atoms with Gasteiger partial charge in [0.2, 0.25) is 0 Å². The molecular weight excluding hydrogens is 783 g/mol. The molecule has 0 radical (unpaired) electrons. The molecule has 1 amide bonds. The van der Waals surface area contributed by atoms with E-state index in [4.69, 9.17) is 23.7 Å². The fourth-order valence-electron chi connectivity index (χ4n) is 11.0. The third-order valence-electron chi connectivity index (χ3n) is 14.7. The zero-order valence-electron chi connectivity index (χ0n) is 37.5. The van der Waals surface area contributed by atoms with Gasteiger partial charge in [-0.1, -0.05) is 108 Å². The summed E-state index contributed by atoms with van der Waals surface area (Å²) in [6.45, 7) is 21.0. The number of hydrogen-bond donors (Lipinski definition) is 3. The van der Waals surface area contributed by atoms with Crippen molar-refractivity contribution in [2.24, 2.45) is 34.0 Å². The SMILES string of the molecule is CC(=O)O[C@@]12CO[C@@H]1CC(C)C1(C)C(=O)C(C)C3=C(C)[C@@H](OC(=O)[C@H](O)[C@@H](NC(=O)OC(C)(C)C)c4ccccc4)CC(C)([C@@H](OC(=O)C(C)(O)c4ccccc4)[C@@H]12)C3(C)C. The van der Waals surface area contributed by atoms with E-state index in [1.165, 1.54) is 13.8 Å². The smallest absolute Gasteiger partial charge is 0.408 e. The normalized spacial score (nSPS) is 33.7. The molecule has 3 N–H and O–H groups in total. The molecule has 0 aromatic heterocycles. The summed E-state index contributed by atoms with van der Waals surface area (Å²) >= 11 is 0. The Morgan fingerprint density at radius 1 is 0.918 bits per heavy atom. The number of ketones is 1. The standard InChI is InChI=1S/C48H63NO12/c1-26-23-33-48(25-57-33,60-29(4)50)37-39(59-41(54)47(12,56)31-21-17-14-18-22-31)45(10)24-32(27(2)34(44(45,8)9)28(3)38(52)46(26,37)11)58-40(53)36(51)35(30-19-15-13-16-20-30)49-42(55)61-43(5,6)7/h13-22,26,28,32-33,35-37,39,51,56H,23-25H2,1-12H3,(H,49,55)/t26?,28?,32-,33+,35-,36+,37-,39-,45?,46?,47?,48-/m0/s1. The van der Waals surface area contributed by atoms with Crippen molar-refractivity contribution in [3.8, 4) is 0 Å². The maximum absolute atomic E-state index is 15.5. The molecule has 2 aromatic carbocycles. The molecule has 5 unspecified atom stereocenters. The highest BCUT2D eigenvalue weighted by Crippen LogP contribution is 2.68. The Morgan fingerprint density at radius 3 is 2.05 bits per heavy atom. The molecule has 1 aliphatic heterocycles. The summed E-state index contributed by atoms with van der Waals surface area (Å²) in [5.74, 6) is -4.85. The van der Waals surface area contributed by atoms with Crippen molar-refractivity contribution in [2.75, 3.05) is 6.61 Å². The first-order valence-corrected chi connectivity index (χ1v) is 21.2. The van der Waals surface area contributed by atoms with Crippen LogP contribution in [0.2, 0.25) is 0 Å². The summed E-state index contributed by atoms with van der Waals surface area (Å²) in [5.41, 5.74) is -5.83. The first kappa shape index (κ1) is 45.9. The topological polar surface area (TPSA) is 184 Å². The highest BCUT2D eigenvalue weighted by atomic mass is 16.6. The number of carbonyl (C=O) groups is 5. The molecule has 3 aliphatic carbocycles. The van der Waals surface area contributed by atoms with Gasteiger partial charge in [-0.25, -0.2) is 14.4 Å². The molecule has 2 aromatic rings. The van der Waals surface area contributed by atoms with Gasteiger partial charge in [0.05, 0.1) is 18.6 Å². The van der Waals surface area contributed by atoms with Gasteiger partial charge in [-0.05, 0) is 75.5 Å². The van der Waals surface area contributed by atoms with Crippen LogP contribution < -0.4 is 5.32 Å². The molecule has 12 atom stereocenters. The Balaban J connectivity index is 1.50. The Bertz CT molecular complexity index is 2070. The first-order chi connectivity index (χ1) is 28.2. The second kappa shape index (κ2) is 16.0. The number of carbonyl (C=O) groups excluding carboxylic acids is 5. The Morgan fingerprint density at radius 2 is 1.51 bits per heavy atom. The van der Waals surface area contributed by atoms with Crippen molar-refractivity contribution in [2.45, 2.75) is 143 Å². The molecule has 3 fully saturated rings. The summed E-state index contributed by atoms with van der Waals surface area (Å²) in [5, 5.41) is 26.3. The van der Waals surface area contributed by atoms with Crippen LogP contribution in [0.1, 0.15) is 113 Å². The number of nitrogens with one attached hydrogen (secondary N) is 1. The molecule has 6 rings (SSSR count). The van der Waals surface area contributed by atoms with Crippen molar-refractivity contribution < 1.29 is 57.9 Å². The average molecular weight is 846 g/mol. The lowest BCUT2D eigenvalue weighted by molar-refractivity contribution is -0.336. The number of amides is 1. The van der Waals surface area contributed by atoms with E-state index < -0.39 is 99.3 Å². The summed E-state index contributed by atoms with van der Waals surface area (Å²) < 4.78 is 31.0. The maximum atomic E-state index is 15.5. The number of Topliss-reactive ketones (excluding diaryl/α,β-unsaturated/α-hetero) is 1. The highest BCUT2D eigenvalue weighted by Gasteiger charge is 2.76. The predicted octanol–water partition coefficient (Wildman–Crippen LogP) is 6.68. The van der Waals surface area contributed by atoms with Gasteiger partial charge in [0.1, 0.15) is 29.7 Å². The second-order valence-electron chi connectivity index (χ2n) is 19.8. The third kappa shape index (κ3) is 7.69. The van der Waals surface area contributed by atoms with Crippen molar-refractivity contribution in [3.05, 3.63) is 82.9 Å². The molecule has 2 saturated carbocycles. The first-order valence-electron chi connectivity index (χ1n) is 21.2. The number of aliphatic hydroxyl groups is 2. The van der Waals surface area contributed by atoms with Crippen LogP contribution >= 0.6 is 0 Å². The Kier molecular flexibility index (Phi) is 12.0. The molecule has 2 bridgehead atoms. The molecule has 13 heteroatoms. The maximum Gasteiger partial charge on any atom is 0.408 e. The van der Waals surface area contributed by atoms with Crippen LogP contribution in [-0.4, -0.2) is 82.2 Å². The summed E-state index contributed by atoms with van der Waals surface area (Å²) in [6, 6.07) is 15.6. The lowest BCUT2D eigenvalue weighted by Gasteiger charge is -2.69. The zero-order chi connectivity index (χ0) is 45.2. The van der Waals surface area contributed by atoms with Crippen molar-refractivity contribution in [1.29, 1.82) is 0 Å². The van der Waals surface area contributed by atoms with E-state index in [-0.39, 0.29) is 30.3 Å². The fraction of sp³-hybridized carbons (Fsp3) is 0.604. The number of benzene rings is 2. The van der Waals surface area contributed by atoms with E-state index in [1.807, 2.05) is 48.5 Å². The number of fused-ring (bicyclic) bond motifs is 5. The van der Waals surface area contributed by atoms with Gasteiger partial charge in [-0.3, -0.25) is 9.59 Å². The lowest BCUT2D eigenvalue weighted by atomic mass is 9.40. The quantitative estimate of drug-likeness (QED) is 0.139. The molecule has 1 heterocycles. The number of rotatable bonds is 9. The largest absolute Gasteiger partial charge is 0.459 e. The Labute approximate surface area is 358 Å². The van der Waals surface area contributed by atoms with Crippen LogP contribution in [0.15, 0.2) is 71.8 Å². The van der Waals surface area contributed by atoms with Crippen LogP contribution in [0, 0.1) is 34.0 Å². The van der Waals surface area contributed by atoms with Gasteiger partial charge in [0.15, 0.2) is 17.3 Å². The van der Waals surface area contributed by atoms with Crippen LogP contribution in [0.25, 0.3) is 0 Å². The summed E-state index contributed by atoms with van der Waals surface area (Å²) in [6.07, 6.45) is -5.27. The number of esters is 3. The average Bonchev–Trinajstić information content (AvgIpc) is 3.17. The molecule has 61 heavy (non-hydrogen) atoms. The van der Waals surface area contributed by atoms with E-state index in [0.717, 1.165) is 0 Å². The predicted molar refractivity (Wildman–Crippen MR) is 223 cm³/mol. The number of ether oxygens (including phenoxy) is 5. The van der Waals surface area contributed by atoms with Crippen LogP contribution in [0.5, 0.6) is 0 Å². The molecular formula is C48H63NO12. The minimum atomic E-state index is -2.14. The van der Waals surface area contributed by atoms with E-state index in [2.05, 4.69) is 5.32 Å². The van der Waals surface area contributed by atoms with Crippen molar-refractivity contribution in [1.82, 2.24) is 5.32 Å². The van der Waals surface area contributed by atoms with E-state index in [1.54, 1.807) is 81.4 Å². The second-order valence-corrected chi connectivity index (χ2v) is 19.8. The van der Waals surface area contributed by atoms with Gasteiger partial charge < -0.3 is 39.2 Å². The van der Waals surface area contributed by atoms with Gasteiger partial charge in [-0.15, -0.1) is 0 Å². The molecule has 0 spiro atoms. The number of hydrogen-bond acceptors (Lipinski definition) is 12. The van der Waals surface area contributed by atoms with Crippen molar-refractivity contribution in [3.63, 3.8) is 0 Å². The number of alkyl carbamates (subject to hydrolysis) is 1. The molecule has 13 nitrogen and oxygen atoms in total. The third-order valence-corrected chi connectivity index (χ3v) is 14.7. The Hall–Kier alpha value is -4.59. The van der Waals surface area contributed by atoms with Gasteiger partial charge in [0.25, 0.3) is 0 Å². The van der Waals surface area contributed by atoms with Crippen LogP contribution in [0.4, 0.5) is 4.79 Å². The van der Waals surface area contributed by atoms with Gasteiger partial charge in [-0.2, -0.15) is 0 Å². The van der Waals surface area contributed by atoms with E-state index in [9.17, 15) is 29.4 Å². The van der Waals surface area contributed by atoms with Crippen molar-refractivity contribution >= 4 is 29.8 Å². The van der Waals surface area contributed by atoms with Gasteiger partial charge >= 0.3 is 24.0 Å². The molecule has 1 saturated heterocycles. The molecule has 4 aliphatic rings. The number of allylic oxidation sites excluding steroid dienone is 1. The number of aliphatic hydroxyl groups excluding tert-OH is 1. The summed E-state index contributed by atoms with van der Waals surface area (Å²) in [4.78, 5) is 70.7. The van der Waals surface area contributed by atoms with E-state index >= 15 is 4.79 Å². The summed E-state index contributed by atoms with van der Waals surface area (Å²) in [7, 11) is 0. The van der Waals surface area contributed by atoms with Gasteiger partial charge in [0, 0.05) is 23.7 Å². The molecule has 332 valence electrons. The van der Waals surface area contributed by atoms with Crippen LogP contribution in [-0.2, 0) is 48.5 Å². The minimum absolute atomic E-state index is 0.0261.